The lowest BCUT2D eigenvalue weighted by molar-refractivity contribution is -0.223. The van der Waals surface area contributed by atoms with Crippen LogP contribution in [0.3, 0.4) is 0 Å². The quantitative estimate of drug-likeness (QED) is 0.658. The SMILES string of the molecule is CCCC(OC(OC)C(C)(C)C)C(C)(C)C. The highest BCUT2D eigenvalue weighted by Gasteiger charge is 2.32. The van der Waals surface area contributed by atoms with Crippen molar-refractivity contribution in [1.29, 1.82) is 0 Å². The molecular weight excluding hydrogens is 200 g/mol. The molecule has 0 amide bonds. The van der Waals surface area contributed by atoms with Gasteiger partial charge in [-0.25, -0.2) is 0 Å². The summed E-state index contributed by atoms with van der Waals surface area (Å²) in [6.45, 7) is 15.3. The Bertz CT molecular complexity index is 186. The van der Waals surface area contributed by atoms with Gasteiger partial charge in [0, 0.05) is 12.5 Å². The molecule has 0 aromatic heterocycles. The molecule has 0 N–H and O–H groups in total. The Hall–Kier alpha value is -0.0800. The van der Waals surface area contributed by atoms with Crippen molar-refractivity contribution in [2.45, 2.75) is 73.7 Å². The lowest BCUT2D eigenvalue weighted by Crippen LogP contribution is -2.39. The summed E-state index contributed by atoms with van der Waals surface area (Å²) in [5.74, 6) is 0. The molecule has 2 unspecified atom stereocenters. The van der Waals surface area contributed by atoms with Crippen molar-refractivity contribution < 1.29 is 9.47 Å². The number of ether oxygens (including phenoxy) is 2. The summed E-state index contributed by atoms with van der Waals surface area (Å²) >= 11 is 0. The van der Waals surface area contributed by atoms with Crippen molar-refractivity contribution in [2.75, 3.05) is 7.11 Å². The highest BCUT2D eigenvalue weighted by atomic mass is 16.7. The molecule has 0 aromatic rings. The summed E-state index contributed by atoms with van der Waals surface area (Å²) < 4.78 is 11.6. The zero-order valence-electron chi connectivity index (χ0n) is 12.4. The first kappa shape index (κ1) is 15.9. The van der Waals surface area contributed by atoms with Crippen LogP contribution in [0.5, 0.6) is 0 Å². The second-order valence-corrected chi connectivity index (χ2v) is 6.71. The number of methoxy groups -OCH3 is 1. The molecule has 0 radical (unpaired) electrons. The molecule has 0 aliphatic carbocycles. The summed E-state index contributed by atoms with van der Waals surface area (Å²) in [5.41, 5.74) is 0.185. The first-order chi connectivity index (χ1) is 7.12. The molecule has 0 heterocycles. The maximum absolute atomic E-state index is 6.15. The van der Waals surface area contributed by atoms with Crippen LogP contribution in [0.4, 0.5) is 0 Å². The van der Waals surface area contributed by atoms with Crippen molar-refractivity contribution >= 4 is 0 Å². The van der Waals surface area contributed by atoms with Crippen LogP contribution in [0.15, 0.2) is 0 Å². The molecule has 0 aliphatic rings. The van der Waals surface area contributed by atoms with Crippen LogP contribution < -0.4 is 0 Å². The second-order valence-electron chi connectivity index (χ2n) is 6.71. The van der Waals surface area contributed by atoms with Gasteiger partial charge in [0.2, 0.25) is 0 Å². The van der Waals surface area contributed by atoms with Gasteiger partial charge < -0.3 is 9.47 Å². The maximum Gasteiger partial charge on any atom is 0.162 e. The van der Waals surface area contributed by atoms with Crippen molar-refractivity contribution in [3.8, 4) is 0 Å². The van der Waals surface area contributed by atoms with E-state index in [1.165, 1.54) is 0 Å². The van der Waals surface area contributed by atoms with E-state index in [9.17, 15) is 0 Å². The van der Waals surface area contributed by atoms with Gasteiger partial charge in [0.05, 0.1) is 6.10 Å². The fourth-order valence-corrected chi connectivity index (χ4v) is 1.73. The highest BCUT2D eigenvalue weighted by Crippen LogP contribution is 2.31. The third-order valence-corrected chi connectivity index (χ3v) is 2.73. The van der Waals surface area contributed by atoms with E-state index in [1.807, 2.05) is 0 Å². The van der Waals surface area contributed by atoms with Gasteiger partial charge in [-0.2, -0.15) is 0 Å². The Balaban J connectivity index is 4.60. The van der Waals surface area contributed by atoms with Crippen molar-refractivity contribution in [1.82, 2.24) is 0 Å². The van der Waals surface area contributed by atoms with Crippen LogP contribution >= 0.6 is 0 Å². The van der Waals surface area contributed by atoms with Gasteiger partial charge in [-0.15, -0.1) is 0 Å². The van der Waals surface area contributed by atoms with E-state index in [2.05, 4.69) is 48.5 Å². The zero-order chi connectivity index (χ0) is 13.0. The van der Waals surface area contributed by atoms with Gasteiger partial charge in [-0.05, 0) is 11.8 Å². The Morgan fingerprint density at radius 2 is 1.44 bits per heavy atom. The number of rotatable bonds is 5. The zero-order valence-corrected chi connectivity index (χ0v) is 12.4. The van der Waals surface area contributed by atoms with Crippen LogP contribution in [-0.2, 0) is 9.47 Å². The van der Waals surface area contributed by atoms with Gasteiger partial charge >= 0.3 is 0 Å². The van der Waals surface area contributed by atoms with Gasteiger partial charge in [0.15, 0.2) is 6.29 Å². The lowest BCUT2D eigenvalue weighted by Gasteiger charge is -2.38. The second kappa shape index (κ2) is 6.02. The molecule has 0 saturated carbocycles. The molecule has 2 nitrogen and oxygen atoms in total. The normalized spacial score (nSPS) is 17.2. The Kier molecular flexibility index (Phi) is 5.99. The van der Waals surface area contributed by atoms with E-state index < -0.39 is 0 Å². The van der Waals surface area contributed by atoms with E-state index in [-0.39, 0.29) is 23.2 Å². The van der Waals surface area contributed by atoms with Crippen LogP contribution in [0.2, 0.25) is 0 Å². The van der Waals surface area contributed by atoms with Crippen LogP contribution in [0.1, 0.15) is 61.3 Å². The largest absolute Gasteiger partial charge is 0.355 e. The minimum absolute atomic E-state index is 0.0198. The molecule has 0 aliphatic heterocycles. The van der Waals surface area contributed by atoms with Crippen LogP contribution in [0, 0.1) is 10.8 Å². The van der Waals surface area contributed by atoms with Gasteiger partial charge in [-0.1, -0.05) is 54.9 Å². The van der Waals surface area contributed by atoms with Crippen molar-refractivity contribution in [3.63, 3.8) is 0 Å². The summed E-state index contributed by atoms with van der Waals surface area (Å²) in [4.78, 5) is 0. The average molecular weight is 230 g/mol. The molecule has 0 bridgehead atoms. The maximum atomic E-state index is 6.15. The Morgan fingerprint density at radius 3 is 1.69 bits per heavy atom. The van der Waals surface area contributed by atoms with E-state index in [0.717, 1.165) is 12.8 Å². The van der Waals surface area contributed by atoms with Crippen LogP contribution in [0.25, 0.3) is 0 Å². The van der Waals surface area contributed by atoms with Crippen molar-refractivity contribution in [2.24, 2.45) is 10.8 Å². The average Bonchev–Trinajstić information content (AvgIpc) is 2.07. The van der Waals surface area contributed by atoms with Crippen LogP contribution in [-0.4, -0.2) is 19.5 Å². The Labute approximate surface area is 102 Å². The molecule has 0 spiro atoms. The molecule has 0 fully saturated rings. The summed E-state index contributed by atoms with van der Waals surface area (Å²) in [6.07, 6.45) is 2.34. The fourth-order valence-electron chi connectivity index (χ4n) is 1.73. The number of hydrogen-bond donors (Lipinski definition) is 0. The molecule has 2 heteroatoms. The third kappa shape index (κ3) is 5.31. The minimum atomic E-state index is -0.136. The standard InChI is InChI=1S/C14H30O2/c1-9-10-11(13(2,3)4)16-12(15-8)14(5,6)7/h11-12H,9-10H2,1-8H3. The predicted octanol–water partition coefficient (Wildman–Crippen LogP) is 4.24. The minimum Gasteiger partial charge on any atom is -0.355 e. The first-order valence-corrected chi connectivity index (χ1v) is 6.31. The summed E-state index contributed by atoms with van der Waals surface area (Å²) in [6, 6.07) is 0. The molecular formula is C14H30O2. The monoisotopic (exact) mass is 230 g/mol. The van der Waals surface area contributed by atoms with E-state index in [4.69, 9.17) is 9.47 Å². The summed E-state index contributed by atoms with van der Waals surface area (Å²) in [7, 11) is 1.72. The smallest absolute Gasteiger partial charge is 0.162 e. The highest BCUT2D eigenvalue weighted by molar-refractivity contribution is 4.77. The molecule has 0 saturated heterocycles. The first-order valence-electron chi connectivity index (χ1n) is 6.31. The summed E-state index contributed by atoms with van der Waals surface area (Å²) in [5, 5.41) is 0. The molecule has 98 valence electrons. The van der Waals surface area contributed by atoms with Gasteiger partial charge in [-0.3, -0.25) is 0 Å². The third-order valence-electron chi connectivity index (χ3n) is 2.73. The van der Waals surface area contributed by atoms with Crippen molar-refractivity contribution in [3.05, 3.63) is 0 Å². The fraction of sp³-hybridized carbons (Fsp3) is 1.00. The lowest BCUT2D eigenvalue weighted by atomic mass is 9.86. The Morgan fingerprint density at radius 1 is 0.938 bits per heavy atom. The molecule has 0 aromatic carbocycles. The predicted molar refractivity (Wildman–Crippen MR) is 69.5 cm³/mol. The molecule has 16 heavy (non-hydrogen) atoms. The van der Waals surface area contributed by atoms with Gasteiger partial charge in [0.1, 0.15) is 0 Å². The topological polar surface area (TPSA) is 18.5 Å². The molecule has 2 atom stereocenters. The van der Waals surface area contributed by atoms with Gasteiger partial charge in [0.25, 0.3) is 0 Å². The number of hydrogen-bond acceptors (Lipinski definition) is 2. The molecule has 0 rings (SSSR count). The van der Waals surface area contributed by atoms with E-state index >= 15 is 0 Å². The van der Waals surface area contributed by atoms with E-state index in [0.29, 0.717) is 0 Å². The van der Waals surface area contributed by atoms with E-state index in [1.54, 1.807) is 7.11 Å².